The number of rotatable bonds is 5. The number of nitrogens with one attached hydrogen (secondary N) is 1. The van der Waals surface area contributed by atoms with Gasteiger partial charge in [0.15, 0.2) is 5.78 Å². The molecule has 154 valence electrons. The number of fused-ring (bicyclic) bond motifs is 1. The van der Waals surface area contributed by atoms with E-state index < -0.39 is 11.4 Å². The van der Waals surface area contributed by atoms with E-state index in [9.17, 15) is 14.4 Å². The summed E-state index contributed by atoms with van der Waals surface area (Å²) < 4.78 is 1.56. The molecule has 0 radical (unpaired) electrons. The third-order valence-electron chi connectivity index (χ3n) is 5.82. The Labute approximate surface area is 172 Å². The van der Waals surface area contributed by atoms with Crippen LogP contribution in [0, 0.1) is 0 Å². The Bertz CT molecular complexity index is 998. The van der Waals surface area contributed by atoms with Gasteiger partial charge in [-0.05, 0) is 62.8 Å². The molecule has 5 nitrogen and oxygen atoms in total. The van der Waals surface area contributed by atoms with E-state index in [1.54, 1.807) is 4.57 Å². The van der Waals surface area contributed by atoms with Crippen molar-refractivity contribution in [3.05, 3.63) is 63.1 Å². The number of hydrogen-bond acceptors (Lipinski definition) is 3. The van der Waals surface area contributed by atoms with Crippen LogP contribution >= 0.6 is 0 Å². The normalized spacial score (nSPS) is 14.1. The van der Waals surface area contributed by atoms with Gasteiger partial charge in [0, 0.05) is 28.9 Å². The van der Waals surface area contributed by atoms with Gasteiger partial charge in [-0.25, -0.2) is 0 Å². The third kappa shape index (κ3) is 4.19. The molecule has 0 fully saturated rings. The number of Topliss-reactive ketones (excluding diaryl/α,β-unsaturated/α-hetero) is 1. The molecular formula is C24H30N2O3. The minimum Gasteiger partial charge on any atom is -0.347 e. The summed E-state index contributed by atoms with van der Waals surface area (Å²) in [5.41, 5.74) is 2.26. The molecule has 1 aromatic carbocycles. The highest BCUT2D eigenvalue weighted by Gasteiger charge is 2.28. The molecule has 1 aromatic heterocycles. The monoisotopic (exact) mass is 394 g/mol. The van der Waals surface area contributed by atoms with E-state index in [-0.39, 0.29) is 16.9 Å². The second kappa shape index (κ2) is 7.97. The lowest BCUT2D eigenvalue weighted by atomic mass is 9.92. The zero-order chi connectivity index (χ0) is 21.3. The summed E-state index contributed by atoms with van der Waals surface area (Å²) in [6.45, 7) is 10.0. The second-order valence-corrected chi connectivity index (χ2v) is 8.77. The van der Waals surface area contributed by atoms with E-state index in [4.69, 9.17) is 0 Å². The van der Waals surface area contributed by atoms with Crippen molar-refractivity contribution in [3.8, 4) is 5.69 Å². The zero-order valence-electron chi connectivity index (χ0n) is 18.0. The number of pyridine rings is 1. The highest BCUT2D eigenvalue weighted by atomic mass is 16.2. The number of ketones is 1. The van der Waals surface area contributed by atoms with Crippen LogP contribution in [0.3, 0.4) is 0 Å². The van der Waals surface area contributed by atoms with Crippen molar-refractivity contribution in [1.29, 1.82) is 0 Å². The van der Waals surface area contributed by atoms with Crippen molar-refractivity contribution in [2.45, 2.75) is 71.8 Å². The molecule has 0 bridgehead atoms. The lowest BCUT2D eigenvalue weighted by molar-refractivity contribution is 0.0909. The van der Waals surface area contributed by atoms with Gasteiger partial charge < -0.3 is 5.32 Å². The largest absolute Gasteiger partial charge is 0.347 e. The van der Waals surface area contributed by atoms with Crippen LogP contribution in [-0.4, -0.2) is 21.8 Å². The molecule has 0 spiro atoms. The van der Waals surface area contributed by atoms with Crippen LogP contribution in [0.2, 0.25) is 0 Å². The third-order valence-corrected chi connectivity index (χ3v) is 5.82. The highest BCUT2D eigenvalue weighted by molar-refractivity contribution is 6.02. The predicted octanol–water partition coefficient (Wildman–Crippen LogP) is 4.40. The number of aromatic nitrogens is 1. The minimum atomic E-state index is -0.437. The molecule has 1 heterocycles. The molecule has 0 saturated heterocycles. The predicted molar refractivity (Wildman–Crippen MR) is 115 cm³/mol. The fourth-order valence-corrected chi connectivity index (χ4v) is 3.60. The van der Waals surface area contributed by atoms with Crippen LogP contribution in [0.5, 0.6) is 0 Å². The summed E-state index contributed by atoms with van der Waals surface area (Å²) in [5, 5.41) is 2.92. The minimum absolute atomic E-state index is 0.0115. The Balaban J connectivity index is 2.19. The molecule has 1 aliphatic carbocycles. The Hall–Kier alpha value is -2.69. The van der Waals surface area contributed by atoms with E-state index in [1.807, 2.05) is 45.0 Å². The van der Waals surface area contributed by atoms with Crippen molar-refractivity contribution in [1.82, 2.24) is 9.88 Å². The SMILES string of the molecule is CCC(C)(C)NC(=O)c1cc2c(n(-c3ccc(C(C)C)cc3)c1=O)CCCC2=O. The molecule has 0 saturated carbocycles. The average Bonchev–Trinajstić information content (AvgIpc) is 2.67. The zero-order valence-corrected chi connectivity index (χ0v) is 18.0. The van der Waals surface area contributed by atoms with Gasteiger partial charge in [-0.15, -0.1) is 0 Å². The molecule has 0 atom stereocenters. The maximum atomic E-state index is 13.4. The first kappa shape index (κ1) is 21.0. The molecule has 1 N–H and O–H groups in total. The summed E-state index contributed by atoms with van der Waals surface area (Å²) in [4.78, 5) is 38.9. The van der Waals surface area contributed by atoms with E-state index in [0.29, 0.717) is 42.1 Å². The van der Waals surface area contributed by atoms with E-state index in [1.165, 1.54) is 11.6 Å². The molecule has 1 aliphatic rings. The van der Waals surface area contributed by atoms with Crippen molar-refractivity contribution in [3.63, 3.8) is 0 Å². The first-order chi connectivity index (χ1) is 13.6. The maximum Gasteiger partial charge on any atom is 0.268 e. The molecular weight excluding hydrogens is 364 g/mol. The van der Waals surface area contributed by atoms with Gasteiger partial charge in [0.25, 0.3) is 11.5 Å². The Kier molecular flexibility index (Phi) is 5.78. The van der Waals surface area contributed by atoms with Crippen LogP contribution in [0.4, 0.5) is 0 Å². The first-order valence-electron chi connectivity index (χ1n) is 10.4. The number of nitrogens with zero attached hydrogens (tertiary/aromatic N) is 1. The molecule has 0 unspecified atom stereocenters. The van der Waals surface area contributed by atoms with Crippen LogP contribution in [-0.2, 0) is 6.42 Å². The average molecular weight is 395 g/mol. The van der Waals surface area contributed by atoms with Gasteiger partial charge in [-0.2, -0.15) is 0 Å². The van der Waals surface area contributed by atoms with Crippen LogP contribution in [0.25, 0.3) is 5.69 Å². The van der Waals surface area contributed by atoms with Gasteiger partial charge in [-0.3, -0.25) is 19.0 Å². The van der Waals surface area contributed by atoms with E-state index in [0.717, 1.165) is 6.42 Å². The molecule has 2 aromatic rings. The van der Waals surface area contributed by atoms with Crippen LogP contribution in [0.1, 0.15) is 91.8 Å². The summed E-state index contributed by atoms with van der Waals surface area (Å²) in [7, 11) is 0. The summed E-state index contributed by atoms with van der Waals surface area (Å²) in [6.07, 6.45) is 2.53. The molecule has 3 rings (SSSR count). The second-order valence-electron chi connectivity index (χ2n) is 8.77. The maximum absolute atomic E-state index is 13.4. The fraction of sp³-hybridized carbons (Fsp3) is 0.458. The standard InChI is InChI=1S/C24H30N2O3/c1-6-24(4,5)25-22(28)19-14-18-20(8-7-9-21(18)27)26(23(19)29)17-12-10-16(11-13-17)15(2)3/h10-15H,6-9H2,1-5H3,(H,25,28). The van der Waals surface area contributed by atoms with Crippen LogP contribution in [0.15, 0.2) is 35.1 Å². The van der Waals surface area contributed by atoms with Crippen molar-refractivity contribution >= 4 is 11.7 Å². The van der Waals surface area contributed by atoms with Gasteiger partial charge >= 0.3 is 0 Å². The molecule has 0 aliphatic heterocycles. The molecule has 1 amide bonds. The highest BCUT2D eigenvalue weighted by Crippen LogP contribution is 2.25. The van der Waals surface area contributed by atoms with Gasteiger partial charge in [0.2, 0.25) is 0 Å². The van der Waals surface area contributed by atoms with Crippen molar-refractivity contribution < 1.29 is 9.59 Å². The van der Waals surface area contributed by atoms with Crippen LogP contribution < -0.4 is 10.9 Å². The molecule has 29 heavy (non-hydrogen) atoms. The Morgan fingerprint density at radius 3 is 2.38 bits per heavy atom. The lowest BCUT2D eigenvalue weighted by Gasteiger charge is -2.26. The Morgan fingerprint density at radius 1 is 1.14 bits per heavy atom. The number of hydrogen-bond donors (Lipinski definition) is 1. The summed E-state index contributed by atoms with van der Waals surface area (Å²) in [6, 6.07) is 9.29. The summed E-state index contributed by atoms with van der Waals surface area (Å²) in [5.74, 6) is -0.0668. The fourth-order valence-electron chi connectivity index (χ4n) is 3.60. The number of amides is 1. The lowest BCUT2D eigenvalue weighted by Crippen LogP contribution is -2.45. The quantitative estimate of drug-likeness (QED) is 0.817. The smallest absolute Gasteiger partial charge is 0.268 e. The summed E-state index contributed by atoms with van der Waals surface area (Å²) >= 11 is 0. The topological polar surface area (TPSA) is 68.2 Å². The van der Waals surface area contributed by atoms with Crippen molar-refractivity contribution in [2.75, 3.05) is 0 Å². The number of carbonyl (C=O) groups excluding carboxylic acids is 2. The Morgan fingerprint density at radius 2 is 1.79 bits per heavy atom. The number of benzene rings is 1. The van der Waals surface area contributed by atoms with Gasteiger partial charge in [-0.1, -0.05) is 32.9 Å². The molecule has 5 heteroatoms. The first-order valence-corrected chi connectivity index (χ1v) is 10.4. The van der Waals surface area contributed by atoms with Gasteiger partial charge in [0.05, 0.1) is 0 Å². The number of carbonyl (C=O) groups is 2. The van der Waals surface area contributed by atoms with Gasteiger partial charge in [0.1, 0.15) is 5.56 Å². The van der Waals surface area contributed by atoms with E-state index in [2.05, 4.69) is 19.2 Å². The van der Waals surface area contributed by atoms with Crippen molar-refractivity contribution in [2.24, 2.45) is 0 Å². The van der Waals surface area contributed by atoms with E-state index >= 15 is 0 Å².